The Morgan fingerprint density at radius 3 is 2.46 bits per heavy atom. The van der Waals surface area contributed by atoms with Crippen LogP contribution in [0.1, 0.15) is 23.1 Å². The lowest BCUT2D eigenvalue weighted by molar-refractivity contribution is -0.144. The van der Waals surface area contributed by atoms with Gasteiger partial charge in [0, 0.05) is 10.0 Å². The van der Waals surface area contributed by atoms with Crippen LogP contribution in [-0.4, -0.2) is 27.3 Å². The van der Waals surface area contributed by atoms with Crippen LogP contribution in [-0.2, 0) is 9.53 Å². The van der Waals surface area contributed by atoms with E-state index < -0.39 is 12.0 Å². The first kappa shape index (κ1) is 16.6. The van der Waals surface area contributed by atoms with Crippen molar-refractivity contribution in [2.75, 3.05) is 21.3 Å². The van der Waals surface area contributed by atoms with E-state index in [0.29, 0.717) is 17.2 Å². The molecule has 0 unspecified atom stereocenters. The molecule has 0 spiro atoms. The Bertz CT molecular complexity index is 774. The molecule has 2 aromatic rings. The van der Waals surface area contributed by atoms with Gasteiger partial charge in [-0.1, -0.05) is 22.0 Å². The van der Waals surface area contributed by atoms with Gasteiger partial charge in [0.25, 0.3) is 0 Å². The molecule has 0 fully saturated rings. The largest absolute Gasteiger partial charge is 0.493 e. The van der Waals surface area contributed by atoms with Crippen LogP contribution in [0.25, 0.3) is 0 Å². The molecule has 0 bridgehead atoms. The number of carbonyl (C=O) groups excluding carboxylic acids is 1. The lowest BCUT2D eigenvalue weighted by atomic mass is 9.91. The first-order valence-electron chi connectivity index (χ1n) is 7.35. The van der Waals surface area contributed by atoms with Gasteiger partial charge in [-0.25, -0.2) is 0 Å². The molecule has 2 aromatic carbocycles. The zero-order chi connectivity index (χ0) is 17.3. The van der Waals surface area contributed by atoms with E-state index in [0.717, 1.165) is 15.6 Å². The second-order valence-electron chi connectivity index (χ2n) is 5.34. The van der Waals surface area contributed by atoms with Crippen LogP contribution < -0.4 is 14.2 Å². The van der Waals surface area contributed by atoms with Crippen molar-refractivity contribution in [1.29, 1.82) is 0 Å². The van der Waals surface area contributed by atoms with E-state index in [1.165, 1.54) is 7.11 Å². The number of hydrogen-bond donors (Lipinski definition) is 0. The highest BCUT2D eigenvalue weighted by Crippen LogP contribution is 2.48. The van der Waals surface area contributed by atoms with Crippen molar-refractivity contribution >= 4 is 21.9 Å². The Morgan fingerprint density at radius 2 is 1.79 bits per heavy atom. The summed E-state index contributed by atoms with van der Waals surface area (Å²) in [7, 11) is 4.53. The highest BCUT2D eigenvalue weighted by molar-refractivity contribution is 9.10. The third-order valence-electron chi connectivity index (χ3n) is 4.05. The normalized spacial score (nSPS) is 18.5. The fourth-order valence-electron chi connectivity index (χ4n) is 2.91. The van der Waals surface area contributed by atoms with E-state index in [1.54, 1.807) is 20.3 Å². The van der Waals surface area contributed by atoms with Gasteiger partial charge in [-0.3, -0.25) is 4.79 Å². The summed E-state index contributed by atoms with van der Waals surface area (Å²) in [5.41, 5.74) is 1.62. The van der Waals surface area contributed by atoms with Gasteiger partial charge >= 0.3 is 5.97 Å². The summed E-state index contributed by atoms with van der Waals surface area (Å²) < 4.78 is 22.5. The van der Waals surface area contributed by atoms with Crippen molar-refractivity contribution in [1.82, 2.24) is 0 Å². The van der Waals surface area contributed by atoms with Crippen molar-refractivity contribution in [3.8, 4) is 17.2 Å². The highest BCUT2D eigenvalue weighted by atomic mass is 79.9. The molecule has 0 amide bonds. The predicted molar refractivity (Wildman–Crippen MR) is 91.8 cm³/mol. The predicted octanol–water partition coefficient (Wildman–Crippen LogP) is 3.86. The fourth-order valence-corrected chi connectivity index (χ4v) is 3.28. The maximum absolute atomic E-state index is 12.4. The van der Waals surface area contributed by atoms with Crippen LogP contribution >= 0.6 is 15.9 Å². The molecular formula is C18H17BrO5. The molecule has 24 heavy (non-hydrogen) atoms. The first-order chi connectivity index (χ1) is 11.6. The van der Waals surface area contributed by atoms with Crippen LogP contribution in [0.3, 0.4) is 0 Å². The number of fused-ring (bicyclic) bond motifs is 1. The first-order valence-corrected chi connectivity index (χ1v) is 8.14. The average molecular weight is 393 g/mol. The molecule has 0 aliphatic carbocycles. The van der Waals surface area contributed by atoms with Crippen molar-refractivity contribution in [3.05, 3.63) is 52.0 Å². The van der Waals surface area contributed by atoms with Crippen molar-refractivity contribution in [3.63, 3.8) is 0 Å². The summed E-state index contributed by atoms with van der Waals surface area (Å²) >= 11 is 3.44. The molecule has 126 valence electrons. The second-order valence-corrected chi connectivity index (χ2v) is 6.25. The summed E-state index contributed by atoms with van der Waals surface area (Å²) in [6.07, 6.45) is -0.485. The lowest BCUT2D eigenvalue weighted by Gasteiger charge is -2.19. The minimum atomic E-state index is -0.541. The zero-order valence-corrected chi connectivity index (χ0v) is 15.1. The van der Waals surface area contributed by atoms with Crippen LogP contribution in [0.2, 0.25) is 0 Å². The molecule has 0 radical (unpaired) electrons. The van der Waals surface area contributed by atoms with Gasteiger partial charge in [0.15, 0.2) is 11.5 Å². The van der Waals surface area contributed by atoms with E-state index in [4.69, 9.17) is 18.9 Å². The summed E-state index contributed by atoms with van der Waals surface area (Å²) in [6, 6.07) is 11.1. The summed E-state index contributed by atoms with van der Waals surface area (Å²) in [4.78, 5) is 12.4. The number of hydrogen-bond acceptors (Lipinski definition) is 5. The molecule has 5 nitrogen and oxygen atoms in total. The smallest absolute Gasteiger partial charge is 0.317 e. The molecule has 0 aromatic heterocycles. The minimum absolute atomic E-state index is 0.341. The molecule has 1 heterocycles. The standard InChI is InChI=1S/C18H17BrO5/c1-21-14-6-4-10(8-15(14)22-2)17-16(18(20)23-3)12-9-11(19)5-7-13(12)24-17/h4-9,16-17H,1-3H3/t16-,17+/m1/s1. The van der Waals surface area contributed by atoms with E-state index in [-0.39, 0.29) is 5.97 Å². The average Bonchev–Trinajstić information content (AvgIpc) is 2.98. The monoisotopic (exact) mass is 392 g/mol. The summed E-state index contributed by atoms with van der Waals surface area (Å²) in [6.45, 7) is 0. The van der Waals surface area contributed by atoms with E-state index in [1.807, 2.05) is 30.3 Å². The fraction of sp³-hybridized carbons (Fsp3) is 0.278. The van der Waals surface area contributed by atoms with E-state index in [2.05, 4.69) is 15.9 Å². The number of benzene rings is 2. The van der Waals surface area contributed by atoms with Crippen LogP contribution in [0.4, 0.5) is 0 Å². The van der Waals surface area contributed by atoms with Gasteiger partial charge in [0.2, 0.25) is 0 Å². The molecule has 1 aliphatic rings. The van der Waals surface area contributed by atoms with Crippen molar-refractivity contribution < 1.29 is 23.7 Å². The van der Waals surface area contributed by atoms with E-state index >= 15 is 0 Å². The van der Waals surface area contributed by atoms with Gasteiger partial charge in [-0.05, 0) is 35.9 Å². The van der Waals surface area contributed by atoms with Crippen molar-refractivity contribution in [2.24, 2.45) is 0 Å². The maximum Gasteiger partial charge on any atom is 0.317 e. The van der Waals surface area contributed by atoms with Gasteiger partial charge in [-0.15, -0.1) is 0 Å². The van der Waals surface area contributed by atoms with Gasteiger partial charge in [0.1, 0.15) is 17.8 Å². The third-order valence-corrected chi connectivity index (χ3v) is 4.55. The molecule has 0 saturated carbocycles. The summed E-state index contributed by atoms with van der Waals surface area (Å²) in [5.74, 6) is 0.995. The Balaban J connectivity index is 2.06. The maximum atomic E-state index is 12.4. The molecule has 0 saturated heterocycles. The van der Waals surface area contributed by atoms with Crippen LogP contribution in [0.5, 0.6) is 17.2 Å². The number of esters is 1. The van der Waals surface area contributed by atoms with Gasteiger partial charge < -0.3 is 18.9 Å². The molecule has 6 heteroatoms. The Kier molecular flexibility index (Phi) is 4.66. The molecule has 3 rings (SSSR count). The molecule has 1 aliphatic heterocycles. The Morgan fingerprint density at radius 1 is 1.04 bits per heavy atom. The number of rotatable bonds is 4. The number of carbonyl (C=O) groups is 1. The second kappa shape index (κ2) is 6.73. The SMILES string of the molecule is COC(=O)[C@@H]1c2cc(Br)ccc2O[C@H]1c1ccc(OC)c(OC)c1. The quantitative estimate of drug-likeness (QED) is 0.739. The minimum Gasteiger partial charge on any atom is -0.493 e. The molecule has 2 atom stereocenters. The Hall–Kier alpha value is -2.21. The van der Waals surface area contributed by atoms with Gasteiger partial charge in [-0.2, -0.15) is 0 Å². The molecule has 0 N–H and O–H groups in total. The van der Waals surface area contributed by atoms with Crippen LogP contribution in [0.15, 0.2) is 40.9 Å². The molecular weight excluding hydrogens is 376 g/mol. The van der Waals surface area contributed by atoms with Gasteiger partial charge in [0.05, 0.1) is 21.3 Å². The summed E-state index contributed by atoms with van der Waals surface area (Å²) in [5, 5.41) is 0. The van der Waals surface area contributed by atoms with E-state index in [9.17, 15) is 4.79 Å². The van der Waals surface area contributed by atoms with Crippen molar-refractivity contribution in [2.45, 2.75) is 12.0 Å². The third kappa shape index (κ3) is 2.82. The number of methoxy groups -OCH3 is 3. The Labute approximate surface area is 148 Å². The zero-order valence-electron chi connectivity index (χ0n) is 13.5. The highest BCUT2D eigenvalue weighted by Gasteiger charge is 2.41. The number of ether oxygens (including phenoxy) is 4. The topological polar surface area (TPSA) is 54.0 Å². The van der Waals surface area contributed by atoms with Crippen LogP contribution in [0, 0.1) is 0 Å². The number of halogens is 1. The lowest BCUT2D eigenvalue weighted by Crippen LogP contribution is -2.20.